The maximum absolute atomic E-state index is 10.8. The summed E-state index contributed by atoms with van der Waals surface area (Å²) in [6.07, 6.45) is 1.45. The largest absolute Gasteiger partial charge is 0.487 e. The first kappa shape index (κ1) is 13.2. The molecule has 1 aromatic rings. The number of hydrogen-bond acceptors (Lipinski definition) is 4. The molecular weight excluding hydrogens is 222 g/mol. The third-order valence-corrected chi connectivity index (χ3v) is 2.27. The Labute approximate surface area is 99.5 Å². The lowest BCUT2D eigenvalue weighted by molar-refractivity contribution is -0.385. The van der Waals surface area contributed by atoms with Gasteiger partial charge < -0.3 is 4.74 Å². The lowest BCUT2D eigenvalue weighted by Crippen LogP contribution is -2.04. The quantitative estimate of drug-likeness (QED) is 0.433. The molecule has 0 radical (unpaired) electrons. The van der Waals surface area contributed by atoms with Gasteiger partial charge in [-0.25, -0.2) is 0 Å². The Hall–Kier alpha value is -1.91. The molecule has 0 aliphatic rings. The molecule has 0 atom stereocenters. The number of carbonyl (C=O) groups is 1. The standard InChI is InChI=1S/C12H15NO4/c1-9(2)5-6-17-12-7-10(8-14)3-4-11(12)13(15)16/h3-4,7-9H,5-6H2,1-2H3. The number of nitro benzene ring substituents is 1. The number of rotatable bonds is 6. The molecule has 5 heteroatoms. The molecule has 0 saturated carbocycles. The zero-order valence-electron chi connectivity index (χ0n) is 9.88. The van der Waals surface area contributed by atoms with E-state index in [0.717, 1.165) is 6.42 Å². The molecule has 0 heterocycles. The third kappa shape index (κ3) is 3.86. The van der Waals surface area contributed by atoms with Gasteiger partial charge >= 0.3 is 5.69 Å². The summed E-state index contributed by atoms with van der Waals surface area (Å²) in [4.78, 5) is 20.8. The molecule has 5 nitrogen and oxygen atoms in total. The molecule has 0 fully saturated rings. The normalized spacial score (nSPS) is 10.3. The summed E-state index contributed by atoms with van der Waals surface area (Å²) >= 11 is 0. The molecule has 0 aliphatic heterocycles. The molecular formula is C12H15NO4. The zero-order valence-corrected chi connectivity index (χ0v) is 9.88. The Bertz CT molecular complexity index is 415. The lowest BCUT2D eigenvalue weighted by atomic mass is 10.1. The fourth-order valence-electron chi connectivity index (χ4n) is 1.28. The molecule has 0 aromatic heterocycles. The van der Waals surface area contributed by atoms with Crippen LogP contribution in [0.25, 0.3) is 0 Å². The second-order valence-corrected chi connectivity index (χ2v) is 4.13. The van der Waals surface area contributed by atoms with E-state index in [2.05, 4.69) is 0 Å². The molecule has 0 unspecified atom stereocenters. The molecule has 0 aliphatic carbocycles. The fourth-order valence-corrected chi connectivity index (χ4v) is 1.28. The van der Waals surface area contributed by atoms with Gasteiger partial charge in [0.25, 0.3) is 0 Å². The van der Waals surface area contributed by atoms with Crippen LogP contribution < -0.4 is 4.74 Å². The summed E-state index contributed by atoms with van der Waals surface area (Å²) in [5.74, 6) is 0.614. The summed E-state index contributed by atoms with van der Waals surface area (Å²) < 4.78 is 5.35. The number of carbonyl (C=O) groups excluding carboxylic acids is 1. The van der Waals surface area contributed by atoms with E-state index in [1.165, 1.54) is 18.2 Å². The summed E-state index contributed by atoms with van der Waals surface area (Å²) in [5.41, 5.74) is 0.259. The van der Waals surface area contributed by atoms with Gasteiger partial charge in [0.15, 0.2) is 5.75 Å². The summed E-state index contributed by atoms with van der Waals surface area (Å²) in [6, 6.07) is 4.08. The Morgan fingerprint density at radius 3 is 2.71 bits per heavy atom. The number of nitro groups is 1. The Kier molecular flexibility index (Phi) is 4.63. The molecule has 1 aromatic carbocycles. The average molecular weight is 237 g/mol. The van der Waals surface area contributed by atoms with E-state index in [1.807, 2.05) is 13.8 Å². The smallest absolute Gasteiger partial charge is 0.310 e. The van der Waals surface area contributed by atoms with Gasteiger partial charge in [-0.05, 0) is 24.5 Å². The Balaban J connectivity index is 2.85. The Morgan fingerprint density at radius 2 is 2.18 bits per heavy atom. The van der Waals surface area contributed by atoms with Crippen molar-refractivity contribution >= 4 is 12.0 Å². The number of ether oxygens (including phenoxy) is 1. The van der Waals surface area contributed by atoms with Gasteiger partial charge in [0.2, 0.25) is 0 Å². The van der Waals surface area contributed by atoms with Gasteiger partial charge in [-0.2, -0.15) is 0 Å². The average Bonchev–Trinajstić information content (AvgIpc) is 2.28. The molecule has 1 rings (SSSR count). The highest BCUT2D eigenvalue weighted by Crippen LogP contribution is 2.27. The Morgan fingerprint density at radius 1 is 1.47 bits per heavy atom. The van der Waals surface area contributed by atoms with Crippen molar-refractivity contribution in [3.63, 3.8) is 0 Å². The number of benzene rings is 1. The van der Waals surface area contributed by atoms with E-state index >= 15 is 0 Å². The van der Waals surface area contributed by atoms with Crippen molar-refractivity contribution < 1.29 is 14.5 Å². The first-order valence-corrected chi connectivity index (χ1v) is 5.41. The zero-order chi connectivity index (χ0) is 12.8. The van der Waals surface area contributed by atoms with Crippen LogP contribution in [0.5, 0.6) is 5.75 Å². The van der Waals surface area contributed by atoms with E-state index in [9.17, 15) is 14.9 Å². The van der Waals surface area contributed by atoms with Gasteiger partial charge in [0, 0.05) is 11.6 Å². The van der Waals surface area contributed by atoms with Crippen LogP contribution in [0.15, 0.2) is 18.2 Å². The molecule has 0 bridgehead atoms. The molecule has 0 saturated heterocycles. The SMILES string of the molecule is CC(C)CCOc1cc(C=O)ccc1[N+](=O)[O-]. The van der Waals surface area contributed by atoms with Crippen LogP contribution in [-0.4, -0.2) is 17.8 Å². The predicted octanol–water partition coefficient (Wildman–Crippen LogP) is 2.83. The third-order valence-electron chi connectivity index (χ3n) is 2.27. The van der Waals surface area contributed by atoms with Crippen molar-refractivity contribution in [1.82, 2.24) is 0 Å². The molecule has 0 N–H and O–H groups in total. The van der Waals surface area contributed by atoms with E-state index in [1.54, 1.807) is 0 Å². The number of hydrogen-bond donors (Lipinski definition) is 0. The van der Waals surface area contributed by atoms with Crippen LogP contribution in [0.2, 0.25) is 0 Å². The van der Waals surface area contributed by atoms with Crippen LogP contribution in [-0.2, 0) is 0 Å². The second-order valence-electron chi connectivity index (χ2n) is 4.13. The summed E-state index contributed by atoms with van der Waals surface area (Å²) in [6.45, 7) is 4.49. The monoisotopic (exact) mass is 237 g/mol. The van der Waals surface area contributed by atoms with Gasteiger partial charge in [-0.3, -0.25) is 14.9 Å². The molecule has 17 heavy (non-hydrogen) atoms. The topological polar surface area (TPSA) is 69.4 Å². The van der Waals surface area contributed by atoms with Crippen molar-refractivity contribution in [2.24, 2.45) is 5.92 Å². The van der Waals surface area contributed by atoms with Gasteiger partial charge in [0.05, 0.1) is 11.5 Å². The maximum Gasteiger partial charge on any atom is 0.310 e. The number of nitrogens with zero attached hydrogens (tertiary/aromatic N) is 1. The highest BCUT2D eigenvalue weighted by Gasteiger charge is 2.15. The summed E-state index contributed by atoms with van der Waals surface area (Å²) in [7, 11) is 0. The molecule has 0 spiro atoms. The van der Waals surface area contributed by atoms with Crippen molar-refractivity contribution in [1.29, 1.82) is 0 Å². The molecule has 0 amide bonds. The van der Waals surface area contributed by atoms with E-state index < -0.39 is 4.92 Å². The minimum atomic E-state index is -0.515. The number of aldehydes is 1. The second kappa shape index (κ2) is 5.98. The van der Waals surface area contributed by atoms with Crippen LogP contribution in [0.4, 0.5) is 5.69 Å². The van der Waals surface area contributed by atoms with E-state index in [0.29, 0.717) is 24.4 Å². The maximum atomic E-state index is 10.8. The highest BCUT2D eigenvalue weighted by molar-refractivity contribution is 5.76. The van der Waals surface area contributed by atoms with Crippen LogP contribution in [0, 0.1) is 16.0 Å². The van der Waals surface area contributed by atoms with Gasteiger partial charge in [0.1, 0.15) is 6.29 Å². The predicted molar refractivity (Wildman–Crippen MR) is 63.4 cm³/mol. The highest BCUT2D eigenvalue weighted by atomic mass is 16.6. The van der Waals surface area contributed by atoms with Crippen molar-refractivity contribution in [2.75, 3.05) is 6.61 Å². The lowest BCUT2D eigenvalue weighted by Gasteiger charge is -2.08. The van der Waals surface area contributed by atoms with Crippen molar-refractivity contribution in [2.45, 2.75) is 20.3 Å². The first-order valence-electron chi connectivity index (χ1n) is 5.41. The van der Waals surface area contributed by atoms with Crippen LogP contribution >= 0.6 is 0 Å². The van der Waals surface area contributed by atoms with Crippen LogP contribution in [0.1, 0.15) is 30.6 Å². The van der Waals surface area contributed by atoms with Crippen LogP contribution in [0.3, 0.4) is 0 Å². The van der Waals surface area contributed by atoms with E-state index in [-0.39, 0.29) is 11.4 Å². The first-order chi connectivity index (χ1) is 8.04. The molecule has 92 valence electrons. The minimum absolute atomic E-state index is 0.112. The fraction of sp³-hybridized carbons (Fsp3) is 0.417. The summed E-state index contributed by atoms with van der Waals surface area (Å²) in [5, 5.41) is 10.8. The van der Waals surface area contributed by atoms with Crippen molar-refractivity contribution in [3.05, 3.63) is 33.9 Å². The van der Waals surface area contributed by atoms with Gasteiger partial charge in [-0.1, -0.05) is 13.8 Å². The van der Waals surface area contributed by atoms with Crippen molar-refractivity contribution in [3.8, 4) is 5.75 Å². The van der Waals surface area contributed by atoms with Gasteiger partial charge in [-0.15, -0.1) is 0 Å². The van der Waals surface area contributed by atoms with E-state index in [4.69, 9.17) is 4.74 Å². The minimum Gasteiger partial charge on any atom is -0.487 e.